The van der Waals surface area contributed by atoms with E-state index in [-0.39, 0.29) is 16.8 Å². The fourth-order valence-corrected chi connectivity index (χ4v) is 4.01. The van der Waals surface area contributed by atoms with Crippen LogP contribution in [-0.2, 0) is 10.0 Å². The zero-order chi connectivity index (χ0) is 14.9. The highest BCUT2D eigenvalue weighted by atomic mass is 35.5. The number of likely N-dealkylation sites (N-methyl/N-ethyl adjacent to an activating group) is 1. The first-order chi connectivity index (χ1) is 9.29. The Balaban J connectivity index is 2.26. The molecule has 0 aliphatic carbocycles. The van der Waals surface area contributed by atoms with Crippen LogP contribution in [0, 0.1) is 5.82 Å². The predicted molar refractivity (Wildman–Crippen MR) is 76.7 cm³/mol. The van der Waals surface area contributed by atoms with Crippen molar-refractivity contribution in [2.24, 2.45) is 0 Å². The molecule has 1 unspecified atom stereocenters. The van der Waals surface area contributed by atoms with E-state index in [2.05, 4.69) is 4.72 Å². The van der Waals surface area contributed by atoms with Gasteiger partial charge in [0.1, 0.15) is 4.90 Å². The molecular weight excluding hydrogens is 305 g/mol. The summed E-state index contributed by atoms with van der Waals surface area (Å²) in [6.07, 6.45) is 1.62. The van der Waals surface area contributed by atoms with Crippen molar-refractivity contribution in [3.63, 3.8) is 0 Å². The molecule has 0 amide bonds. The van der Waals surface area contributed by atoms with Crippen molar-refractivity contribution in [2.75, 3.05) is 25.9 Å². The third-order valence-corrected chi connectivity index (χ3v) is 5.01. The molecule has 1 aliphatic rings. The monoisotopic (exact) mass is 321 g/mol. The van der Waals surface area contributed by atoms with Gasteiger partial charge in [0.2, 0.25) is 10.0 Å². The van der Waals surface area contributed by atoms with Gasteiger partial charge in [-0.3, -0.25) is 0 Å². The van der Waals surface area contributed by atoms with E-state index in [9.17, 15) is 12.8 Å². The van der Waals surface area contributed by atoms with Gasteiger partial charge in [0.25, 0.3) is 0 Å². The van der Waals surface area contributed by atoms with E-state index in [1.807, 2.05) is 11.9 Å². The average molecular weight is 322 g/mol. The second-order valence-electron chi connectivity index (χ2n) is 5.03. The van der Waals surface area contributed by atoms with Crippen LogP contribution >= 0.6 is 11.6 Å². The lowest BCUT2D eigenvalue weighted by atomic mass is 10.1. The molecule has 0 saturated carbocycles. The molecule has 0 radical (unpaired) electrons. The summed E-state index contributed by atoms with van der Waals surface area (Å²) in [5.41, 5.74) is 5.13. The molecule has 1 heterocycles. The number of nitrogens with zero attached hydrogens (tertiary/aromatic N) is 1. The molecule has 3 N–H and O–H groups in total. The van der Waals surface area contributed by atoms with Gasteiger partial charge in [0, 0.05) is 17.6 Å². The summed E-state index contributed by atoms with van der Waals surface area (Å²) in [5, 5.41) is 0.0880. The Morgan fingerprint density at radius 3 is 2.85 bits per heavy atom. The van der Waals surface area contributed by atoms with Crippen LogP contribution in [-0.4, -0.2) is 39.5 Å². The van der Waals surface area contributed by atoms with E-state index in [1.165, 1.54) is 6.07 Å². The number of benzene rings is 1. The minimum absolute atomic E-state index is 0.0880. The standard InChI is InChI=1S/C12H17ClFN3O2S/c1-17-4-2-3-9(7-17)16-20(18,19)11-6-8(13)5-10(15)12(11)14/h5-6,9,16H,2-4,7,15H2,1H3. The molecule has 0 bridgehead atoms. The average Bonchev–Trinajstić information content (AvgIpc) is 2.33. The minimum atomic E-state index is -3.98. The van der Waals surface area contributed by atoms with Gasteiger partial charge in [0.05, 0.1) is 5.69 Å². The normalized spacial score (nSPS) is 21.1. The van der Waals surface area contributed by atoms with Crippen molar-refractivity contribution in [2.45, 2.75) is 23.8 Å². The zero-order valence-electron chi connectivity index (χ0n) is 11.1. The molecule has 8 heteroatoms. The molecule has 20 heavy (non-hydrogen) atoms. The predicted octanol–water partition coefficient (Wildman–Crippen LogP) is 1.43. The highest BCUT2D eigenvalue weighted by Crippen LogP contribution is 2.25. The summed E-state index contributed by atoms with van der Waals surface area (Å²) in [6.45, 7) is 1.52. The Kier molecular flexibility index (Phi) is 4.53. The van der Waals surface area contributed by atoms with Gasteiger partial charge in [-0.05, 0) is 38.6 Å². The van der Waals surface area contributed by atoms with Gasteiger partial charge in [-0.25, -0.2) is 17.5 Å². The summed E-state index contributed by atoms with van der Waals surface area (Å²) in [5.74, 6) is -0.967. The number of hydrogen-bond acceptors (Lipinski definition) is 4. The van der Waals surface area contributed by atoms with Gasteiger partial charge in [-0.15, -0.1) is 0 Å². The van der Waals surface area contributed by atoms with Gasteiger partial charge >= 0.3 is 0 Å². The van der Waals surface area contributed by atoms with Crippen molar-refractivity contribution in [3.8, 4) is 0 Å². The number of piperidine rings is 1. The molecule has 0 aromatic heterocycles. The van der Waals surface area contributed by atoms with Crippen LogP contribution in [0.3, 0.4) is 0 Å². The molecule has 0 spiro atoms. The summed E-state index contributed by atoms with van der Waals surface area (Å²) in [7, 11) is -2.06. The van der Waals surface area contributed by atoms with Crippen molar-refractivity contribution in [3.05, 3.63) is 23.0 Å². The molecule has 112 valence electrons. The number of hydrogen-bond donors (Lipinski definition) is 2. The van der Waals surface area contributed by atoms with Gasteiger partial charge in [-0.1, -0.05) is 11.6 Å². The SMILES string of the molecule is CN1CCCC(NS(=O)(=O)c2cc(Cl)cc(N)c2F)C1. The number of anilines is 1. The summed E-state index contributed by atoms with van der Waals surface area (Å²) in [6, 6.07) is 2.02. The van der Waals surface area contributed by atoms with Crippen molar-refractivity contribution in [1.29, 1.82) is 0 Å². The Labute approximate surface area is 122 Å². The number of nitrogen functional groups attached to an aromatic ring is 1. The van der Waals surface area contributed by atoms with Crippen LogP contribution in [0.1, 0.15) is 12.8 Å². The van der Waals surface area contributed by atoms with Crippen LogP contribution in [0.15, 0.2) is 17.0 Å². The van der Waals surface area contributed by atoms with E-state index in [0.717, 1.165) is 25.5 Å². The largest absolute Gasteiger partial charge is 0.396 e. The topological polar surface area (TPSA) is 75.4 Å². The quantitative estimate of drug-likeness (QED) is 0.826. The Morgan fingerprint density at radius 2 is 2.20 bits per heavy atom. The Bertz CT molecular complexity index is 609. The smallest absolute Gasteiger partial charge is 0.243 e. The number of nitrogens with two attached hydrogens (primary N) is 1. The summed E-state index contributed by atoms with van der Waals surface area (Å²) >= 11 is 5.75. The zero-order valence-corrected chi connectivity index (χ0v) is 12.6. The van der Waals surface area contributed by atoms with E-state index in [4.69, 9.17) is 17.3 Å². The molecule has 1 aliphatic heterocycles. The van der Waals surface area contributed by atoms with Crippen LogP contribution in [0.25, 0.3) is 0 Å². The molecule has 2 rings (SSSR count). The van der Waals surface area contributed by atoms with E-state index >= 15 is 0 Å². The van der Waals surface area contributed by atoms with Crippen LogP contribution in [0.2, 0.25) is 5.02 Å². The fraction of sp³-hybridized carbons (Fsp3) is 0.500. The molecule has 1 aromatic carbocycles. The number of rotatable bonds is 3. The fourth-order valence-electron chi connectivity index (χ4n) is 2.33. The Morgan fingerprint density at radius 1 is 1.50 bits per heavy atom. The van der Waals surface area contributed by atoms with Gasteiger partial charge in [0.15, 0.2) is 5.82 Å². The number of sulfonamides is 1. The summed E-state index contributed by atoms with van der Waals surface area (Å²) in [4.78, 5) is 1.52. The first kappa shape index (κ1) is 15.5. The van der Waals surface area contributed by atoms with Gasteiger partial charge in [-0.2, -0.15) is 0 Å². The lowest BCUT2D eigenvalue weighted by Gasteiger charge is -2.30. The van der Waals surface area contributed by atoms with Crippen molar-refractivity contribution in [1.82, 2.24) is 9.62 Å². The van der Waals surface area contributed by atoms with E-state index < -0.39 is 20.7 Å². The molecular formula is C12H17ClFN3O2S. The summed E-state index contributed by atoms with van der Waals surface area (Å²) < 4.78 is 40.9. The van der Waals surface area contributed by atoms with Crippen molar-refractivity contribution >= 4 is 27.3 Å². The first-order valence-electron chi connectivity index (χ1n) is 6.25. The first-order valence-corrected chi connectivity index (χ1v) is 8.11. The second kappa shape index (κ2) is 5.85. The lowest BCUT2D eigenvalue weighted by molar-refractivity contribution is 0.242. The maximum Gasteiger partial charge on any atom is 0.243 e. The van der Waals surface area contributed by atoms with E-state index in [1.54, 1.807) is 0 Å². The number of halogens is 2. The van der Waals surface area contributed by atoms with Crippen LogP contribution in [0.5, 0.6) is 0 Å². The third-order valence-electron chi connectivity index (χ3n) is 3.27. The maximum atomic E-state index is 13.9. The molecule has 1 aromatic rings. The molecule has 1 fully saturated rings. The number of nitrogens with one attached hydrogen (secondary N) is 1. The second-order valence-corrected chi connectivity index (χ2v) is 7.15. The molecule has 1 atom stereocenters. The molecule has 1 saturated heterocycles. The lowest BCUT2D eigenvalue weighted by Crippen LogP contribution is -2.46. The van der Waals surface area contributed by atoms with Crippen LogP contribution in [0.4, 0.5) is 10.1 Å². The maximum absolute atomic E-state index is 13.9. The third kappa shape index (κ3) is 3.41. The highest BCUT2D eigenvalue weighted by Gasteiger charge is 2.27. The van der Waals surface area contributed by atoms with Gasteiger partial charge < -0.3 is 10.6 Å². The van der Waals surface area contributed by atoms with Crippen molar-refractivity contribution < 1.29 is 12.8 Å². The van der Waals surface area contributed by atoms with Crippen LogP contribution < -0.4 is 10.5 Å². The van der Waals surface area contributed by atoms with E-state index in [0.29, 0.717) is 6.54 Å². The highest BCUT2D eigenvalue weighted by molar-refractivity contribution is 7.89. The Hall–Kier alpha value is -0.890. The molecule has 5 nitrogen and oxygen atoms in total. The number of likely N-dealkylation sites (tertiary alicyclic amines) is 1. The minimum Gasteiger partial charge on any atom is -0.396 e.